The van der Waals surface area contributed by atoms with E-state index in [0.717, 1.165) is 16.8 Å². The Morgan fingerprint density at radius 3 is 2.65 bits per heavy atom. The maximum atomic E-state index is 13.5. The van der Waals surface area contributed by atoms with Crippen molar-refractivity contribution < 1.29 is 14.3 Å². The van der Waals surface area contributed by atoms with Crippen LogP contribution in [0.2, 0.25) is 0 Å². The standard InChI is InChI=1S/C25H25N5O4/c1-14(2)23-19-11-26-30(18-7-5-15(3)16(4)9-18)24(19)25(32)29(28-23)12-22(31)27-17-6-8-20-21(10-17)34-13-33-20/h5-11,14H,12-13H2,1-4H3,(H,27,31). The van der Waals surface area contributed by atoms with Gasteiger partial charge in [-0.1, -0.05) is 19.9 Å². The maximum Gasteiger partial charge on any atom is 0.293 e. The first-order valence-electron chi connectivity index (χ1n) is 11.1. The van der Waals surface area contributed by atoms with Crippen LogP contribution in [0.4, 0.5) is 5.69 Å². The van der Waals surface area contributed by atoms with Gasteiger partial charge in [0.2, 0.25) is 12.7 Å². The number of carbonyl (C=O) groups excluding carboxylic acids is 1. The molecule has 0 radical (unpaired) electrons. The highest BCUT2D eigenvalue weighted by Gasteiger charge is 2.21. The molecular weight excluding hydrogens is 434 g/mol. The summed E-state index contributed by atoms with van der Waals surface area (Å²) in [6.07, 6.45) is 1.67. The Morgan fingerprint density at radius 2 is 1.88 bits per heavy atom. The molecule has 34 heavy (non-hydrogen) atoms. The number of rotatable bonds is 5. The van der Waals surface area contributed by atoms with Crippen LogP contribution in [-0.2, 0) is 11.3 Å². The number of aromatic nitrogens is 4. The number of nitrogens with zero attached hydrogens (tertiary/aromatic N) is 4. The highest BCUT2D eigenvalue weighted by atomic mass is 16.7. The van der Waals surface area contributed by atoms with Gasteiger partial charge in [-0.25, -0.2) is 9.36 Å². The van der Waals surface area contributed by atoms with Gasteiger partial charge >= 0.3 is 0 Å². The molecule has 2 aromatic heterocycles. The lowest BCUT2D eigenvalue weighted by molar-refractivity contribution is -0.117. The highest BCUT2D eigenvalue weighted by molar-refractivity contribution is 5.91. The minimum absolute atomic E-state index is 0.0312. The molecule has 5 rings (SSSR count). The summed E-state index contributed by atoms with van der Waals surface area (Å²) in [7, 11) is 0. The minimum atomic E-state index is -0.379. The summed E-state index contributed by atoms with van der Waals surface area (Å²) in [5, 5.41) is 12.5. The van der Waals surface area contributed by atoms with E-state index in [1.54, 1.807) is 29.1 Å². The first-order chi connectivity index (χ1) is 16.3. The second-order valence-corrected chi connectivity index (χ2v) is 8.71. The average molecular weight is 460 g/mol. The number of ether oxygens (including phenoxy) is 2. The van der Waals surface area contributed by atoms with Crippen molar-refractivity contribution in [2.75, 3.05) is 12.1 Å². The van der Waals surface area contributed by atoms with Gasteiger partial charge in [0.05, 0.1) is 17.6 Å². The van der Waals surface area contributed by atoms with Crippen LogP contribution in [0.3, 0.4) is 0 Å². The number of benzene rings is 2. The van der Waals surface area contributed by atoms with Gasteiger partial charge in [-0.3, -0.25) is 9.59 Å². The Balaban J connectivity index is 1.53. The number of hydrogen-bond acceptors (Lipinski definition) is 6. The molecule has 0 fully saturated rings. The number of nitrogens with one attached hydrogen (secondary N) is 1. The zero-order valence-electron chi connectivity index (χ0n) is 19.5. The Labute approximate surface area is 195 Å². The topological polar surface area (TPSA) is 100 Å². The largest absolute Gasteiger partial charge is 0.454 e. The van der Waals surface area contributed by atoms with Crippen LogP contribution >= 0.6 is 0 Å². The molecule has 0 unspecified atom stereocenters. The van der Waals surface area contributed by atoms with E-state index in [-0.39, 0.29) is 30.7 Å². The fourth-order valence-corrected chi connectivity index (χ4v) is 3.99. The van der Waals surface area contributed by atoms with Crippen molar-refractivity contribution in [3.05, 3.63) is 69.8 Å². The number of carbonyl (C=O) groups is 1. The highest BCUT2D eigenvalue weighted by Crippen LogP contribution is 2.34. The molecule has 0 bridgehead atoms. The molecule has 0 spiro atoms. The van der Waals surface area contributed by atoms with Gasteiger partial charge in [-0.15, -0.1) is 0 Å². The van der Waals surface area contributed by atoms with Gasteiger partial charge in [-0.05, 0) is 55.2 Å². The fourth-order valence-electron chi connectivity index (χ4n) is 3.99. The average Bonchev–Trinajstić information content (AvgIpc) is 3.44. The van der Waals surface area contributed by atoms with Crippen molar-refractivity contribution in [1.82, 2.24) is 19.6 Å². The third-order valence-electron chi connectivity index (χ3n) is 5.94. The molecule has 9 heteroatoms. The van der Waals surface area contributed by atoms with Crippen LogP contribution in [0.25, 0.3) is 16.6 Å². The van der Waals surface area contributed by atoms with Crippen molar-refractivity contribution in [2.24, 2.45) is 0 Å². The predicted octanol–water partition coefficient (Wildman–Crippen LogP) is 3.69. The third kappa shape index (κ3) is 3.79. The van der Waals surface area contributed by atoms with E-state index < -0.39 is 0 Å². The van der Waals surface area contributed by atoms with Crippen LogP contribution in [0.5, 0.6) is 11.5 Å². The predicted molar refractivity (Wildman–Crippen MR) is 128 cm³/mol. The van der Waals surface area contributed by atoms with Gasteiger partial charge < -0.3 is 14.8 Å². The lowest BCUT2D eigenvalue weighted by Crippen LogP contribution is -2.31. The quantitative estimate of drug-likeness (QED) is 0.489. The van der Waals surface area contributed by atoms with Gasteiger partial charge in [0.15, 0.2) is 11.5 Å². The van der Waals surface area contributed by atoms with Crippen LogP contribution in [-0.4, -0.2) is 32.3 Å². The van der Waals surface area contributed by atoms with E-state index in [4.69, 9.17) is 9.47 Å². The summed E-state index contributed by atoms with van der Waals surface area (Å²) >= 11 is 0. The normalized spacial score (nSPS) is 12.5. The maximum absolute atomic E-state index is 13.5. The molecule has 3 heterocycles. The van der Waals surface area contributed by atoms with E-state index in [9.17, 15) is 9.59 Å². The lowest BCUT2D eigenvalue weighted by Gasteiger charge is -2.13. The molecule has 1 aliphatic heterocycles. The number of anilines is 1. The first kappa shape index (κ1) is 21.7. The molecule has 174 valence electrons. The second kappa shape index (κ2) is 8.33. The SMILES string of the molecule is Cc1ccc(-n2ncc3c(C(C)C)nn(CC(=O)Nc4ccc5c(c4)OCO5)c(=O)c32)cc1C. The molecule has 9 nitrogen and oxygen atoms in total. The summed E-state index contributed by atoms with van der Waals surface area (Å²) < 4.78 is 13.5. The van der Waals surface area contributed by atoms with Crippen LogP contribution in [0.15, 0.2) is 47.4 Å². The summed E-state index contributed by atoms with van der Waals surface area (Å²) in [5.41, 5.74) is 4.32. The smallest absolute Gasteiger partial charge is 0.293 e. The molecule has 1 aliphatic rings. The van der Waals surface area contributed by atoms with E-state index in [0.29, 0.717) is 33.8 Å². The minimum Gasteiger partial charge on any atom is -0.454 e. The molecule has 0 atom stereocenters. The number of fused-ring (bicyclic) bond motifs is 2. The summed E-state index contributed by atoms with van der Waals surface area (Å²) in [6, 6.07) is 11.1. The lowest BCUT2D eigenvalue weighted by atomic mass is 10.1. The molecule has 0 saturated heterocycles. The first-order valence-corrected chi connectivity index (χ1v) is 11.1. The summed E-state index contributed by atoms with van der Waals surface area (Å²) in [6.45, 7) is 7.96. The Bertz CT molecular complexity index is 1480. The van der Waals surface area contributed by atoms with Crippen molar-refractivity contribution in [2.45, 2.75) is 40.2 Å². The summed E-state index contributed by atoms with van der Waals surface area (Å²) in [4.78, 5) is 26.3. The third-order valence-corrected chi connectivity index (χ3v) is 5.94. The van der Waals surface area contributed by atoms with E-state index in [2.05, 4.69) is 15.5 Å². The monoisotopic (exact) mass is 459 g/mol. The van der Waals surface area contributed by atoms with E-state index in [1.807, 2.05) is 45.9 Å². The van der Waals surface area contributed by atoms with Gasteiger partial charge in [-0.2, -0.15) is 10.2 Å². The Kier molecular flexibility index (Phi) is 5.31. The number of hydrogen-bond donors (Lipinski definition) is 1. The van der Waals surface area contributed by atoms with Crippen molar-refractivity contribution >= 4 is 22.5 Å². The van der Waals surface area contributed by atoms with E-state index >= 15 is 0 Å². The number of aryl methyl sites for hydroxylation is 2. The molecule has 4 aromatic rings. The van der Waals surface area contributed by atoms with Crippen LogP contribution in [0, 0.1) is 13.8 Å². The van der Waals surface area contributed by atoms with Crippen molar-refractivity contribution in [1.29, 1.82) is 0 Å². The number of amides is 1. The zero-order valence-corrected chi connectivity index (χ0v) is 19.5. The molecule has 1 amide bonds. The Hall–Kier alpha value is -4.14. The zero-order chi connectivity index (χ0) is 24.0. The van der Waals surface area contributed by atoms with Crippen molar-refractivity contribution in [3.63, 3.8) is 0 Å². The molecule has 0 saturated carbocycles. The molecule has 2 aromatic carbocycles. The second-order valence-electron chi connectivity index (χ2n) is 8.71. The fraction of sp³-hybridized carbons (Fsp3) is 0.280. The van der Waals surface area contributed by atoms with Gasteiger partial charge in [0, 0.05) is 17.1 Å². The molecular formula is C25H25N5O4. The molecule has 1 N–H and O–H groups in total. The van der Waals surface area contributed by atoms with Gasteiger partial charge in [0.1, 0.15) is 12.1 Å². The summed E-state index contributed by atoms with van der Waals surface area (Å²) in [5.74, 6) is 0.847. The van der Waals surface area contributed by atoms with E-state index in [1.165, 1.54) is 4.68 Å². The van der Waals surface area contributed by atoms with Crippen LogP contribution < -0.4 is 20.3 Å². The van der Waals surface area contributed by atoms with Crippen molar-refractivity contribution in [3.8, 4) is 17.2 Å². The Morgan fingerprint density at radius 1 is 1.09 bits per heavy atom. The van der Waals surface area contributed by atoms with Crippen LogP contribution in [0.1, 0.15) is 36.6 Å². The van der Waals surface area contributed by atoms with Gasteiger partial charge in [0.25, 0.3) is 5.56 Å². The molecule has 0 aliphatic carbocycles.